The van der Waals surface area contributed by atoms with Gasteiger partial charge in [0.2, 0.25) is 0 Å². The summed E-state index contributed by atoms with van der Waals surface area (Å²) in [6.45, 7) is 2.21. The van der Waals surface area contributed by atoms with Crippen molar-refractivity contribution in [3.05, 3.63) is 16.7 Å². The first-order valence-electron chi connectivity index (χ1n) is 3.50. The number of thioether (sulfide) groups is 1. The summed E-state index contributed by atoms with van der Waals surface area (Å²) < 4.78 is 0. The fraction of sp³-hybridized carbons (Fsp3) is 0.625. The van der Waals surface area contributed by atoms with Crippen LogP contribution < -0.4 is 0 Å². The maximum absolute atomic E-state index is 3.27. The predicted molar refractivity (Wildman–Crippen MR) is 43.6 cm³/mol. The van der Waals surface area contributed by atoms with Crippen LogP contribution in [0.2, 0.25) is 0 Å². The first-order valence-corrected chi connectivity index (χ1v) is 4.49. The molecule has 9 heavy (non-hydrogen) atoms. The van der Waals surface area contributed by atoms with Crippen molar-refractivity contribution in [1.29, 1.82) is 0 Å². The zero-order valence-corrected chi connectivity index (χ0v) is 6.63. The Balaban J connectivity index is 2.45. The Kier molecular flexibility index (Phi) is 2.96. The van der Waals surface area contributed by atoms with Crippen LogP contribution in [0.4, 0.5) is 0 Å². The van der Waals surface area contributed by atoms with Crippen LogP contribution in [-0.2, 0) is 0 Å². The van der Waals surface area contributed by atoms with Crippen molar-refractivity contribution in [2.45, 2.75) is 26.2 Å². The lowest BCUT2D eigenvalue weighted by Crippen LogP contribution is -1.83. The molecule has 0 nitrogen and oxygen atoms in total. The lowest BCUT2D eigenvalue weighted by molar-refractivity contribution is 0.945. The van der Waals surface area contributed by atoms with Crippen LogP contribution in [0.5, 0.6) is 0 Å². The van der Waals surface area contributed by atoms with E-state index in [1.54, 1.807) is 0 Å². The first kappa shape index (κ1) is 6.98. The molecule has 0 bridgehead atoms. The summed E-state index contributed by atoms with van der Waals surface area (Å²) in [5, 5.41) is 0. The third-order valence-electron chi connectivity index (χ3n) is 1.28. The summed E-state index contributed by atoms with van der Waals surface area (Å²) in [6, 6.07) is 0. The topological polar surface area (TPSA) is 0 Å². The highest BCUT2D eigenvalue weighted by Crippen LogP contribution is 2.23. The van der Waals surface area contributed by atoms with Crippen molar-refractivity contribution < 1.29 is 0 Å². The first-order chi connectivity index (χ1) is 4.43. The van der Waals surface area contributed by atoms with Gasteiger partial charge < -0.3 is 0 Å². The quantitative estimate of drug-likeness (QED) is 0.531. The summed E-state index contributed by atoms with van der Waals surface area (Å²) in [4.78, 5) is 1.45. The summed E-state index contributed by atoms with van der Waals surface area (Å²) in [6.07, 6.45) is 5.84. The Morgan fingerprint density at radius 2 is 2.67 bits per heavy atom. The molecule has 1 heterocycles. The van der Waals surface area contributed by atoms with Gasteiger partial charge in [0, 0.05) is 10.7 Å². The van der Waals surface area contributed by atoms with E-state index in [1.807, 2.05) is 11.8 Å². The molecule has 0 saturated carbocycles. The average Bonchev–Trinajstić information content (AvgIpc) is 1.91. The van der Waals surface area contributed by atoms with Gasteiger partial charge in [0.05, 0.1) is 0 Å². The molecular weight excluding hydrogens is 128 g/mol. The van der Waals surface area contributed by atoms with E-state index >= 15 is 0 Å². The van der Waals surface area contributed by atoms with Crippen molar-refractivity contribution in [3.8, 4) is 0 Å². The van der Waals surface area contributed by atoms with E-state index in [1.165, 1.54) is 29.9 Å². The average molecular weight is 140 g/mol. The van der Waals surface area contributed by atoms with Crippen molar-refractivity contribution in [2.24, 2.45) is 0 Å². The molecule has 0 aliphatic carbocycles. The van der Waals surface area contributed by atoms with E-state index in [-0.39, 0.29) is 0 Å². The minimum Gasteiger partial charge on any atom is -0.122 e. The van der Waals surface area contributed by atoms with Gasteiger partial charge in [0.1, 0.15) is 0 Å². The number of allylic oxidation sites excluding steroid dienone is 1. The largest absolute Gasteiger partial charge is 0.122 e. The molecule has 1 heteroatoms. The van der Waals surface area contributed by atoms with E-state index < -0.39 is 0 Å². The fourth-order valence-electron chi connectivity index (χ4n) is 0.840. The summed E-state index contributed by atoms with van der Waals surface area (Å²) >= 11 is 1.96. The van der Waals surface area contributed by atoms with Gasteiger partial charge in [-0.2, -0.15) is 0 Å². The highest BCUT2D eigenvalue weighted by Gasteiger charge is 1.97. The molecule has 0 unspecified atom stereocenters. The lowest BCUT2D eigenvalue weighted by atomic mass is 10.3. The molecule has 0 spiro atoms. The molecule has 0 amide bonds. The Bertz CT molecular complexity index is 141. The molecule has 0 atom stereocenters. The molecule has 50 valence electrons. The molecular formula is C8H12S. The van der Waals surface area contributed by atoms with E-state index in [2.05, 4.69) is 18.7 Å². The van der Waals surface area contributed by atoms with Crippen LogP contribution in [0.1, 0.15) is 26.2 Å². The van der Waals surface area contributed by atoms with Crippen molar-refractivity contribution in [2.75, 3.05) is 5.75 Å². The van der Waals surface area contributed by atoms with Crippen LogP contribution in [0.15, 0.2) is 16.7 Å². The van der Waals surface area contributed by atoms with Crippen LogP contribution in [0.25, 0.3) is 0 Å². The molecule has 1 aliphatic rings. The normalized spacial score (nSPS) is 17.7. The minimum atomic E-state index is 1.21. The molecule has 1 aliphatic heterocycles. The summed E-state index contributed by atoms with van der Waals surface area (Å²) in [7, 11) is 0. The van der Waals surface area contributed by atoms with Gasteiger partial charge in [-0.25, -0.2) is 0 Å². The SMILES string of the molecule is CCCC1=C=CCCS1. The molecule has 0 N–H and O–H groups in total. The van der Waals surface area contributed by atoms with Crippen LogP contribution in [0.3, 0.4) is 0 Å². The monoisotopic (exact) mass is 140 g/mol. The Labute approximate surface area is 61.0 Å². The predicted octanol–water partition coefficient (Wildman–Crippen LogP) is 2.96. The number of hydrogen-bond acceptors (Lipinski definition) is 1. The van der Waals surface area contributed by atoms with Gasteiger partial charge in [-0.1, -0.05) is 13.3 Å². The second-order valence-electron chi connectivity index (χ2n) is 2.16. The molecule has 0 radical (unpaired) electrons. The third-order valence-corrected chi connectivity index (χ3v) is 2.39. The summed E-state index contributed by atoms with van der Waals surface area (Å²) in [5.41, 5.74) is 3.27. The second-order valence-corrected chi connectivity index (χ2v) is 3.35. The maximum Gasteiger partial charge on any atom is 0.0262 e. The van der Waals surface area contributed by atoms with Crippen LogP contribution >= 0.6 is 11.8 Å². The Morgan fingerprint density at radius 1 is 1.78 bits per heavy atom. The highest BCUT2D eigenvalue weighted by molar-refractivity contribution is 8.03. The number of rotatable bonds is 2. The zero-order chi connectivity index (χ0) is 6.53. The zero-order valence-electron chi connectivity index (χ0n) is 5.81. The second kappa shape index (κ2) is 3.81. The third kappa shape index (κ3) is 2.30. The Hall–Kier alpha value is -0.130. The smallest absolute Gasteiger partial charge is 0.0262 e. The molecule has 0 fully saturated rings. The lowest BCUT2D eigenvalue weighted by Gasteiger charge is -2.03. The fourth-order valence-corrected chi connectivity index (χ4v) is 1.84. The van der Waals surface area contributed by atoms with Crippen LogP contribution in [-0.4, -0.2) is 5.75 Å². The van der Waals surface area contributed by atoms with Gasteiger partial charge in [0.15, 0.2) is 0 Å². The summed E-state index contributed by atoms with van der Waals surface area (Å²) in [5.74, 6) is 1.27. The maximum atomic E-state index is 3.27. The van der Waals surface area contributed by atoms with E-state index in [0.29, 0.717) is 0 Å². The van der Waals surface area contributed by atoms with Gasteiger partial charge in [-0.15, -0.1) is 17.5 Å². The Morgan fingerprint density at radius 3 is 3.22 bits per heavy atom. The van der Waals surface area contributed by atoms with E-state index in [4.69, 9.17) is 0 Å². The van der Waals surface area contributed by atoms with Gasteiger partial charge in [-0.05, 0) is 18.9 Å². The highest BCUT2D eigenvalue weighted by atomic mass is 32.2. The standard InChI is InChI=1S/C8H12S/c1-2-5-8-6-3-4-7-9-8/h3H,2,4-5,7H2,1H3. The van der Waals surface area contributed by atoms with Crippen LogP contribution in [0, 0.1) is 0 Å². The molecule has 0 aromatic rings. The minimum absolute atomic E-state index is 1.21. The van der Waals surface area contributed by atoms with Gasteiger partial charge in [0.25, 0.3) is 0 Å². The van der Waals surface area contributed by atoms with Crippen molar-refractivity contribution in [1.82, 2.24) is 0 Å². The molecule has 0 aromatic heterocycles. The molecule has 1 rings (SSSR count). The van der Waals surface area contributed by atoms with Gasteiger partial charge >= 0.3 is 0 Å². The van der Waals surface area contributed by atoms with Crippen molar-refractivity contribution in [3.63, 3.8) is 0 Å². The van der Waals surface area contributed by atoms with E-state index in [9.17, 15) is 0 Å². The molecule has 0 aromatic carbocycles. The van der Waals surface area contributed by atoms with E-state index in [0.717, 1.165) is 0 Å². The van der Waals surface area contributed by atoms with Crippen molar-refractivity contribution >= 4 is 11.8 Å². The van der Waals surface area contributed by atoms with Gasteiger partial charge in [-0.3, -0.25) is 0 Å². The molecule has 0 saturated heterocycles. The number of hydrogen-bond donors (Lipinski definition) is 0.